The van der Waals surface area contributed by atoms with Crippen LogP contribution >= 0.6 is 11.3 Å². The molecule has 1 aliphatic rings. The Labute approximate surface area is 208 Å². The average Bonchev–Trinajstić information content (AvgIpc) is 3.49. The van der Waals surface area contributed by atoms with Crippen LogP contribution < -0.4 is 14.9 Å². The van der Waals surface area contributed by atoms with Gasteiger partial charge in [-0.3, -0.25) is 19.5 Å². The molecule has 3 heterocycles. The molecule has 0 amide bonds. The third-order valence-electron chi connectivity index (χ3n) is 5.55. The third-order valence-corrected chi connectivity index (χ3v) is 6.54. The summed E-state index contributed by atoms with van der Waals surface area (Å²) in [7, 11) is 0. The van der Waals surface area contributed by atoms with Gasteiger partial charge in [0.1, 0.15) is 10.7 Å². The van der Waals surface area contributed by atoms with E-state index >= 15 is 0 Å². The van der Waals surface area contributed by atoms with Gasteiger partial charge in [0.25, 0.3) is 5.56 Å². The van der Waals surface area contributed by atoms with E-state index in [4.69, 9.17) is 14.1 Å². The summed E-state index contributed by atoms with van der Waals surface area (Å²) in [5.41, 5.74) is 1.69. The molecule has 0 spiro atoms. The lowest BCUT2D eigenvalue weighted by Crippen LogP contribution is -2.39. The molecular weight excluding hydrogens is 482 g/mol. The van der Waals surface area contributed by atoms with Crippen molar-refractivity contribution >= 4 is 35.0 Å². The number of hydrogen-bond donors (Lipinski definition) is 0. The number of nitrogens with zero attached hydrogens (tertiary/aromatic N) is 3. The number of thiazole rings is 1. The van der Waals surface area contributed by atoms with Gasteiger partial charge in [-0.05, 0) is 18.6 Å². The van der Waals surface area contributed by atoms with Crippen molar-refractivity contribution in [2.45, 2.75) is 13.0 Å². The van der Waals surface area contributed by atoms with Gasteiger partial charge < -0.3 is 9.15 Å². The minimum Gasteiger partial charge on any atom is -0.463 e. The molecule has 2 aromatic heterocycles. The summed E-state index contributed by atoms with van der Waals surface area (Å²) >= 11 is 1.11. The predicted molar refractivity (Wildman–Crippen MR) is 133 cm³/mol. The van der Waals surface area contributed by atoms with Crippen LogP contribution in [0.1, 0.15) is 29.9 Å². The molecule has 1 aliphatic heterocycles. The zero-order chi connectivity index (χ0) is 25.2. The number of rotatable bonds is 6. The molecule has 1 atom stereocenters. The van der Waals surface area contributed by atoms with Gasteiger partial charge in [-0.1, -0.05) is 72.0 Å². The van der Waals surface area contributed by atoms with Crippen molar-refractivity contribution < 1.29 is 18.9 Å². The summed E-state index contributed by atoms with van der Waals surface area (Å²) < 4.78 is 12.4. The van der Waals surface area contributed by atoms with E-state index in [1.54, 1.807) is 6.92 Å². The topological polar surface area (TPSA) is 117 Å². The van der Waals surface area contributed by atoms with Crippen LogP contribution in [0.25, 0.3) is 11.8 Å². The fourth-order valence-corrected chi connectivity index (χ4v) is 5.02. The first-order valence-electron chi connectivity index (χ1n) is 11.1. The van der Waals surface area contributed by atoms with E-state index in [-0.39, 0.29) is 22.5 Å². The second kappa shape index (κ2) is 9.59. The summed E-state index contributed by atoms with van der Waals surface area (Å²) in [6.45, 7) is 1.88. The zero-order valence-electron chi connectivity index (χ0n) is 19.0. The van der Waals surface area contributed by atoms with Crippen LogP contribution in [0.3, 0.4) is 0 Å². The van der Waals surface area contributed by atoms with Crippen LogP contribution in [0.2, 0.25) is 0 Å². The fourth-order valence-electron chi connectivity index (χ4n) is 4.04. The maximum atomic E-state index is 13.6. The van der Waals surface area contributed by atoms with Crippen LogP contribution in [-0.2, 0) is 9.53 Å². The molecule has 0 saturated carbocycles. The van der Waals surface area contributed by atoms with Crippen molar-refractivity contribution in [2.75, 3.05) is 6.61 Å². The van der Waals surface area contributed by atoms with Gasteiger partial charge in [0.05, 0.1) is 34.5 Å². The Hall–Kier alpha value is -4.57. The van der Waals surface area contributed by atoms with Crippen molar-refractivity contribution in [1.82, 2.24) is 4.57 Å². The standard InChI is InChI=1S/C26H19N3O6S/c1-2-34-25(31)21-22(16-9-5-3-6-10-16)27-26-28(23(21)17-11-7-4-8-12-17)24(30)19(36-26)15-18-13-14-20(35-18)29(32)33/h3-15,23H,2H2,1H3/b19-15-/t23-/m0/s1. The Morgan fingerprint density at radius 3 is 2.47 bits per heavy atom. The van der Waals surface area contributed by atoms with E-state index in [2.05, 4.69) is 0 Å². The predicted octanol–water partition coefficient (Wildman–Crippen LogP) is 3.44. The van der Waals surface area contributed by atoms with Gasteiger partial charge in [-0.15, -0.1) is 0 Å². The fraction of sp³-hybridized carbons (Fsp3) is 0.115. The number of carbonyl (C=O) groups excluding carboxylic acids is 1. The van der Waals surface area contributed by atoms with Crippen LogP contribution in [0.15, 0.2) is 92.6 Å². The summed E-state index contributed by atoms with van der Waals surface area (Å²) in [6.07, 6.45) is 1.44. The number of carbonyl (C=O) groups is 1. The van der Waals surface area contributed by atoms with Crippen LogP contribution in [0.4, 0.5) is 5.88 Å². The largest absolute Gasteiger partial charge is 0.463 e. The highest BCUT2D eigenvalue weighted by atomic mass is 32.1. The molecule has 2 aromatic carbocycles. The van der Waals surface area contributed by atoms with E-state index < -0.39 is 28.4 Å². The maximum absolute atomic E-state index is 13.6. The molecule has 36 heavy (non-hydrogen) atoms. The summed E-state index contributed by atoms with van der Waals surface area (Å²) in [6, 6.07) is 20.3. The Morgan fingerprint density at radius 1 is 1.14 bits per heavy atom. The number of hydrogen-bond acceptors (Lipinski definition) is 8. The summed E-state index contributed by atoms with van der Waals surface area (Å²) in [5.74, 6) is -0.826. The number of furan rings is 1. The van der Waals surface area contributed by atoms with Gasteiger partial charge in [-0.2, -0.15) is 0 Å². The highest BCUT2D eigenvalue weighted by molar-refractivity contribution is 7.07. The second-order valence-electron chi connectivity index (χ2n) is 7.78. The molecule has 0 saturated heterocycles. The first kappa shape index (κ1) is 23.2. The molecule has 0 radical (unpaired) electrons. The first-order valence-corrected chi connectivity index (χ1v) is 11.9. The smallest absolute Gasteiger partial charge is 0.433 e. The van der Waals surface area contributed by atoms with Crippen LogP contribution in [0, 0.1) is 10.1 Å². The second-order valence-corrected chi connectivity index (χ2v) is 8.78. The maximum Gasteiger partial charge on any atom is 0.433 e. The third kappa shape index (κ3) is 4.18. The van der Waals surface area contributed by atoms with Crippen molar-refractivity contribution in [3.63, 3.8) is 0 Å². The van der Waals surface area contributed by atoms with E-state index in [0.717, 1.165) is 11.3 Å². The zero-order valence-corrected chi connectivity index (χ0v) is 19.8. The molecule has 0 bridgehead atoms. The lowest BCUT2D eigenvalue weighted by atomic mass is 9.93. The number of aromatic nitrogens is 1. The number of benzene rings is 2. The van der Waals surface area contributed by atoms with Crippen LogP contribution in [0.5, 0.6) is 0 Å². The number of fused-ring (bicyclic) bond motifs is 1. The molecule has 180 valence electrons. The van der Waals surface area contributed by atoms with Gasteiger partial charge in [0.15, 0.2) is 4.80 Å². The highest BCUT2D eigenvalue weighted by Gasteiger charge is 2.35. The number of nitro groups is 1. The van der Waals surface area contributed by atoms with Crippen molar-refractivity contribution in [2.24, 2.45) is 4.99 Å². The Kier molecular flexibility index (Phi) is 6.17. The van der Waals surface area contributed by atoms with Crippen molar-refractivity contribution in [1.29, 1.82) is 0 Å². The molecule has 9 nitrogen and oxygen atoms in total. The Balaban J connectivity index is 1.80. The molecular formula is C26H19N3O6S. The van der Waals surface area contributed by atoms with E-state index in [0.29, 0.717) is 21.6 Å². The molecule has 0 N–H and O–H groups in total. The molecule has 0 unspecified atom stereocenters. The lowest BCUT2D eigenvalue weighted by molar-refractivity contribution is -0.402. The van der Waals surface area contributed by atoms with Crippen molar-refractivity contribution in [3.8, 4) is 0 Å². The molecule has 10 heteroatoms. The van der Waals surface area contributed by atoms with Gasteiger partial charge in [0.2, 0.25) is 0 Å². The van der Waals surface area contributed by atoms with Gasteiger partial charge >= 0.3 is 11.9 Å². The number of esters is 1. The summed E-state index contributed by atoms with van der Waals surface area (Å²) in [5, 5.41) is 11.0. The van der Waals surface area contributed by atoms with E-state index in [9.17, 15) is 19.7 Å². The first-order chi connectivity index (χ1) is 17.5. The SMILES string of the molecule is CCOC(=O)C1=C(c2ccccc2)N=c2s/c(=C\c3ccc([N+](=O)[O-])o3)c(=O)n2[C@H]1c1ccccc1. The summed E-state index contributed by atoms with van der Waals surface area (Å²) in [4.78, 5) is 42.4. The average molecular weight is 502 g/mol. The monoisotopic (exact) mass is 501 g/mol. The van der Waals surface area contributed by atoms with Crippen molar-refractivity contribution in [3.05, 3.63) is 125 Å². The Bertz CT molecular complexity index is 1670. The quantitative estimate of drug-likeness (QED) is 0.227. The molecule has 0 aliphatic carbocycles. The molecule has 5 rings (SSSR count). The minimum absolute atomic E-state index is 0.160. The van der Waals surface area contributed by atoms with Crippen LogP contribution in [-0.4, -0.2) is 22.1 Å². The van der Waals surface area contributed by atoms with E-state index in [1.165, 1.54) is 22.8 Å². The normalized spacial score (nSPS) is 15.4. The van der Waals surface area contributed by atoms with E-state index in [1.807, 2.05) is 60.7 Å². The highest BCUT2D eigenvalue weighted by Crippen LogP contribution is 2.35. The molecule has 4 aromatic rings. The van der Waals surface area contributed by atoms with Gasteiger partial charge in [0, 0.05) is 11.6 Å². The Morgan fingerprint density at radius 2 is 1.83 bits per heavy atom. The van der Waals surface area contributed by atoms with Gasteiger partial charge in [-0.25, -0.2) is 9.79 Å². The lowest BCUT2D eigenvalue weighted by Gasteiger charge is -2.25. The number of ether oxygens (including phenoxy) is 1. The molecule has 0 fully saturated rings. The minimum atomic E-state index is -0.787.